The van der Waals surface area contributed by atoms with Crippen LogP contribution in [0.1, 0.15) is 15.9 Å². The highest BCUT2D eigenvalue weighted by Crippen LogP contribution is 2.26. The molecule has 0 aliphatic carbocycles. The van der Waals surface area contributed by atoms with Gasteiger partial charge in [0.25, 0.3) is 11.5 Å². The molecule has 1 N–H and O–H groups in total. The van der Waals surface area contributed by atoms with Gasteiger partial charge in [-0.3, -0.25) is 14.0 Å². The Balaban J connectivity index is 1.78. The van der Waals surface area contributed by atoms with E-state index in [0.717, 1.165) is 12.3 Å². The van der Waals surface area contributed by atoms with Crippen LogP contribution >= 0.6 is 11.3 Å². The first-order valence-corrected chi connectivity index (χ1v) is 7.80. The Morgan fingerprint density at radius 2 is 2.08 bits per heavy atom. The van der Waals surface area contributed by atoms with Crippen molar-refractivity contribution in [3.8, 4) is 5.75 Å². The number of halogens is 3. The molecule has 0 aliphatic heterocycles. The molecule has 0 spiro atoms. The highest BCUT2D eigenvalue weighted by molar-refractivity contribution is 7.15. The molecule has 0 bridgehead atoms. The summed E-state index contributed by atoms with van der Waals surface area (Å²) in [5.74, 6) is -1.15. The van der Waals surface area contributed by atoms with Crippen molar-refractivity contribution in [2.75, 3.05) is 0 Å². The number of rotatable bonds is 4. The van der Waals surface area contributed by atoms with E-state index in [0.29, 0.717) is 4.96 Å². The summed E-state index contributed by atoms with van der Waals surface area (Å²) < 4.78 is 42.3. The minimum absolute atomic E-state index is 0.123. The van der Waals surface area contributed by atoms with Gasteiger partial charge in [-0.25, -0.2) is 4.98 Å². The van der Waals surface area contributed by atoms with Gasteiger partial charge < -0.3 is 10.1 Å². The Hall–Kier alpha value is -2.88. The summed E-state index contributed by atoms with van der Waals surface area (Å²) >= 11 is 1.24. The van der Waals surface area contributed by atoms with Crippen molar-refractivity contribution in [1.29, 1.82) is 0 Å². The molecule has 0 fully saturated rings. The van der Waals surface area contributed by atoms with Crippen LogP contribution in [0.3, 0.4) is 0 Å². The predicted molar refractivity (Wildman–Crippen MR) is 83.6 cm³/mol. The average Bonchev–Trinajstić information content (AvgIpc) is 3.02. The van der Waals surface area contributed by atoms with Crippen LogP contribution in [0.25, 0.3) is 4.96 Å². The zero-order valence-electron chi connectivity index (χ0n) is 12.4. The number of hydrogen-bond acceptors (Lipinski definition) is 5. The van der Waals surface area contributed by atoms with Crippen LogP contribution in [0.5, 0.6) is 5.75 Å². The summed E-state index contributed by atoms with van der Waals surface area (Å²) in [7, 11) is 0. The number of aromatic nitrogens is 2. The van der Waals surface area contributed by atoms with Gasteiger partial charge in [0.15, 0.2) is 4.96 Å². The number of amides is 1. The molecule has 6 nitrogen and oxygen atoms in total. The fourth-order valence-corrected chi connectivity index (χ4v) is 2.80. The van der Waals surface area contributed by atoms with Gasteiger partial charge >= 0.3 is 6.36 Å². The quantitative estimate of drug-likeness (QED) is 0.767. The summed E-state index contributed by atoms with van der Waals surface area (Å²) in [5.41, 5.74) is -0.633. The second-order valence-corrected chi connectivity index (χ2v) is 5.74. The van der Waals surface area contributed by atoms with Crippen LogP contribution in [0.2, 0.25) is 0 Å². The molecule has 130 valence electrons. The maximum absolute atomic E-state index is 12.4. The number of hydrogen-bond donors (Lipinski definition) is 1. The van der Waals surface area contributed by atoms with Gasteiger partial charge in [-0.2, -0.15) is 0 Å². The fourth-order valence-electron chi connectivity index (χ4n) is 2.13. The van der Waals surface area contributed by atoms with Crippen molar-refractivity contribution in [3.05, 3.63) is 63.5 Å². The van der Waals surface area contributed by atoms with Gasteiger partial charge in [-0.15, -0.1) is 24.5 Å². The van der Waals surface area contributed by atoms with Crippen LogP contribution in [-0.2, 0) is 6.54 Å². The zero-order chi connectivity index (χ0) is 18.0. The first-order chi connectivity index (χ1) is 11.8. The van der Waals surface area contributed by atoms with Crippen molar-refractivity contribution < 1.29 is 22.7 Å². The Kier molecular flexibility index (Phi) is 4.45. The largest absolute Gasteiger partial charge is 0.573 e. The van der Waals surface area contributed by atoms with Crippen molar-refractivity contribution in [2.45, 2.75) is 12.9 Å². The molecule has 0 unspecified atom stereocenters. The van der Waals surface area contributed by atoms with Crippen LogP contribution < -0.4 is 15.6 Å². The molecule has 2 aromatic heterocycles. The summed E-state index contributed by atoms with van der Waals surface area (Å²) in [6.07, 6.45) is -2.22. The number of benzene rings is 1. The average molecular weight is 369 g/mol. The van der Waals surface area contributed by atoms with Crippen LogP contribution in [-0.4, -0.2) is 21.7 Å². The normalized spacial score (nSPS) is 11.5. The molecule has 3 aromatic rings. The van der Waals surface area contributed by atoms with Gasteiger partial charge in [-0.05, 0) is 6.07 Å². The van der Waals surface area contributed by atoms with Crippen molar-refractivity contribution in [1.82, 2.24) is 14.7 Å². The van der Waals surface area contributed by atoms with E-state index in [1.807, 2.05) is 0 Å². The number of alkyl halides is 3. The predicted octanol–water partition coefficient (Wildman–Crippen LogP) is 2.58. The molecule has 0 saturated heterocycles. The van der Waals surface area contributed by atoms with E-state index in [1.54, 1.807) is 5.38 Å². The lowest BCUT2D eigenvalue weighted by Gasteiger charge is -2.13. The van der Waals surface area contributed by atoms with E-state index < -0.39 is 23.6 Å². The topological polar surface area (TPSA) is 72.7 Å². The second kappa shape index (κ2) is 6.55. The first kappa shape index (κ1) is 17.0. The molecule has 1 aromatic carbocycles. The van der Waals surface area contributed by atoms with Gasteiger partial charge in [-0.1, -0.05) is 18.2 Å². The Bertz CT molecular complexity index is 981. The first-order valence-electron chi connectivity index (χ1n) is 6.92. The molecule has 0 aliphatic rings. The maximum atomic E-state index is 12.4. The highest BCUT2D eigenvalue weighted by Gasteiger charge is 2.32. The number of fused-ring (bicyclic) bond motifs is 1. The zero-order valence-corrected chi connectivity index (χ0v) is 13.2. The third-order valence-electron chi connectivity index (χ3n) is 3.23. The van der Waals surface area contributed by atoms with Gasteiger partial charge in [0, 0.05) is 29.9 Å². The third-order valence-corrected chi connectivity index (χ3v) is 4.00. The molecule has 2 heterocycles. The SMILES string of the molecule is O=C(NCc1ccccc1OC(F)(F)F)c1cnc2sccn2c1=O. The lowest BCUT2D eigenvalue weighted by molar-refractivity contribution is -0.274. The van der Waals surface area contributed by atoms with E-state index in [4.69, 9.17) is 0 Å². The van der Waals surface area contributed by atoms with Gasteiger partial charge in [0.05, 0.1) is 0 Å². The molecular weight excluding hydrogens is 359 g/mol. The second-order valence-electron chi connectivity index (χ2n) is 4.87. The summed E-state index contributed by atoms with van der Waals surface area (Å²) in [6, 6.07) is 5.42. The lowest BCUT2D eigenvalue weighted by Crippen LogP contribution is -2.31. The number of nitrogens with zero attached hydrogens (tertiary/aromatic N) is 2. The number of para-hydroxylation sites is 1. The Labute approximate surface area is 142 Å². The highest BCUT2D eigenvalue weighted by atomic mass is 32.1. The third kappa shape index (κ3) is 3.79. The van der Waals surface area contributed by atoms with Crippen molar-refractivity contribution in [3.63, 3.8) is 0 Å². The van der Waals surface area contributed by atoms with E-state index in [2.05, 4.69) is 15.0 Å². The molecular formula is C15H10F3N3O3S. The van der Waals surface area contributed by atoms with Crippen LogP contribution in [0, 0.1) is 0 Å². The van der Waals surface area contributed by atoms with E-state index in [-0.39, 0.29) is 17.7 Å². The molecule has 25 heavy (non-hydrogen) atoms. The van der Waals surface area contributed by atoms with Crippen molar-refractivity contribution >= 4 is 22.2 Å². The van der Waals surface area contributed by atoms with Crippen molar-refractivity contribution in [2.24, 2.45) is 0 Å². The lowest BCUT2D eigenvalue weighted by atomic mass is 10.2. The number of thiazole rings is 1. The number of carbonyl (C=O) groups is 1. The summed E-state index contributed by atoms with van der Waals surface area (Å²) in [4.78, 5) is 28.8. The van der Waals surface area contributed by atoms with E-state index in [1.165, 1.54) is 40.1 Å². The molecule has 1 amide bonds. The monoisotopic (exact) mass is 369 g/mol. The van der Waals surface area contributed by atoms with E-state index >= 15 is 0 Å². The number of carbonyl (C=O) groups excluding carboxylic acids is 1. The molecule has 0 atom stereocenters. The van der Waals surface area contributed by atoms with Crippen LogP contribution in [0.15, 0.2) is 46.8 Å². The number of nitrogens with one attached hydrogen (secondary N) is 1. The molecule has 0 radical (unpaired) electrons. The maximum Gasteiger partial charge on any atom is 0.573 e. The Morgan fingerprint density at radius 3 is 2.84 bits per heavy atom. The number of ether oxygens (including phenoxy) is 1. The minimum Gasteiger partial charge on any atom is -0.405 e. The smallest absolute Gasteiger partial charge is 0.405 e. The van der Waals surface area contributed by atoms with Crippen LogP contribution in [0.4, 0.5) is 13.2 Å². The Morgan fingerprint density at radius 1 is 1.32 bits per heavy atom. The molecule has 0 saturated carbocycles. The van der Waals surface area contributed by atoms with Gasteiger partial charge in [0.1, 0.15) is 11.3 Å². The minimum atomic E-state index is -4.84. The van der Waals surface area contributed by atoms with Gasteiger partial charge in [0.2, 0.25) is 0 Å². The van der Waals surface area contributed by atoms with E-state index in [9.17, 15) is 22.8 Å². The molecule has 10 heteroatoms. The fraction of sp³-hybridized carbons (Fsp3) is 0.133. The standard InChI is InChI=1S/C15H10F3N3O3S/c16-15(17,18)24-11-4-2-1-3-9(11)7-19-12(22)10-8-20-14-21(13(10)23)5-6-25-14/h1-6,8H,7H2,(H,19,22). The summed E-state index contributed by atoms with van der Waals surface area (Å²) in [5, 5.41) is 4.05. The molecule has 3 rings (SSSR count). The summed E-state index contributed by atoms with van der Waals surface area (Å²) in [6.45, 7) is -0.239.